The van der Waals surface area contributed by atoms with E-state index in [1.165, 1.54) is 13.3 Å². The molecule has 3 N–H and O–H groups in total. The lowest BCUT2D eigenvalue weighted by molar-refractivity contribution is -0.138. The van der Waals surface area contributed by atoms with Crippen molar-refractivity contribution in [2.75, 3.05) is 13.7 Å². The lowest BCUT2D eigenvalue weighted by atomic mass is 10.2. The molecule has 0 atom stereocenters. The van der Waals surface area contributed by atoms with E-state index in [0.717, 1.165) is 5.56 Å². The maximum Gasteiger partial charge on any atom is 0.319 e. The molecule has 0 aliphatic rings. The molecular formula is C10H14N2O2. The Morgan fingerprint density at radius 2 is 2.07 bits per heavy atom. The second-order valence-corrected chi connectivity index (χ2v) is 2.34. The smallest absolute Gasteiger partial charge is 0.319 e. The van der Waals surface area contributed by atoms with Gasteiger partial charge in [-0.15, -0.1) is 0 Å². The Labute approximate surface area is 83.2 Å². The van der Waals surface area contributed by atoms with Gasteiger partial charge in [0.1, 0.15) is 0 Å². The molecule has 0 fully saturated rings. The molecule has 0 heterocycles. The molecule has 0 saturated carbocycles. The number of carbonyl (C=O) groups excluding carboxylic acids is 1. The molecule has 14 heavy (non-hydrogen) atoms. The zero-order valence-corrected chi connectivity index (χ0v) is 8.07. The topological polar surface area (TPSA) is 76.2 Å². The number of rotatable bonds is 2. The first-order valence-corrected chi connectivity index (χ1v) is 4.07. The first kappa shape index (κ1) is 12.3. The SMILES string of the molecule is COC(=O)CN.N=Cc1ccccc1. The number of nitrogens with two attached hydrogens (primary N) is 1. The predicted molar refractivity (Wildman–Crippen MR) is 55.4 cm³/mol. The van der Waals surface area contributed by atoms with Crippen LogP contribution in [0.4, 0.5) is 0 Å². The van der Waals surface area contributed by atoms with Gasteiger partial charge in [0.25, 0.3) is 0 Å². The summed E-state index contributed by atoms with van der Waals surface area (Å²) in [4.78, 5) is 9.83. The molecule has 0 bridgehead atoms. The van der Waals surface area contributed by atoms with Gasteiger partial charge in [-0.1, -0.05) is 30.3 Å². The van der Waals surface area contributed by atoms with Gasteiger partial charge in [-0.05, 0) is 5.56 Å². The highest BCUT2D eigenvalue weighted by atomic mass is 16.5. The van der Waals surface area contributed by atoms with Crippen LogP contribution in [-0.2, 0) is 9.53 Å². The molecule has 0 aliphatic heterocycles. The van der Waals surface area contributed by atoms with E-state index >= 15 is 0 Å². The molecule has 1 aromatic rings. The van der Waals surface area contributed by atoms with Gasteiger partial charge in [-0.2, -0.15) is 0 Å². The summed E-state index contributed by atoms with van der Waals surface area (Å²) in [6, 6.07) is 9.56. The van der Waals surface area contributed by atoms with Crippen molar-refractivity contribution in [2.45, 2.75) is 0 Å². The van der Waals surface area contributed by atoms with E-state index in [2.05, 4.69) is 4.74 Å². The van der Waals surface area contributed by atoms with Crippen LogP contribution in [0.3, 0.4) is 0 Å². The van der Waals surface area contributed by atoms with Gasteiger partial charge in [-0.3, -0.25) is 4.79 Å². The molecule has 0 spiro atoms. The van der Waals surface area contributed by atoms with Crippen molar-refractivity contribution >= 4 is 12.2 Å². The number of esters is 1. The fraction of sp³-hybridized carbons (Fsp3) is 0.200. The Morgan fingerprint density at radius 3 is 2.29 bits per heavy atom. The molecule has 0 aliphatic carbocycles. The summed E-state index contributed by atoms with van der Waals surface area (Å²) in [5.41, 5.74) is 5.76. The average Bonchev–Trinajstić information content (AvgIpc) is 2.30. The number of methoxy groups -OCH3 is 1. The molecule has 1 aromatic carbocycles. The summed E-state index contributed by atoms with van der Waals surface area (Å²) in [7, 11) is 1.30. The molecule has 76 valence electrons. The van der Waals surface area contributed by atoms with E-state index in [1.807, 2.05) is 30.3 Å². The van der Waals surface area contributed by atoms with Crippen LogP contribution in [0.15, 0.2) is 30.3 Å². The molecule has 0 aromatic heterocycles. The highest BCUT2D eigenvalue weighted by molar-refractivity contribution is 5.76. The minimum atomic E-state index is -0.380. The molecule has 1 rings (SSSR count). The van der Waals surface area contributed by atoms with Gasteiger partial charge in [0, 0.05) is 6.21 Å². The van der Waals surface area contributed by atoms with Crippen LogP contribution >= 0.6 is 0 Å². The number of carbonyl (C=O) groups is 1. The van der Waals surface area contributed by atoms with Gasteiger partial charge in [0.2, 0.25) is 0 Å². The van der Waals surface area contributed by atoms with Crippen molar-refractivity contribution in [1.29, 1.82) is 5.41 Å². The van der Waals surface area contributed by atoms with E-state index in [4.69, 9.17) is 11.1 Å². The lowest BCUT2D eigenvalue weighted by Crippen LogP contribution is -2.14. The third-order valence-corrected chi connectivity index (χ3v) is 1.36. The number of nitrogens with one attached hydrogen (secondary N) is 1. The molecule has 4 heteroatoms. The third-order valence-electron chi connectivity index (χ3n) is 1.36. The summed E-state index contributed by atoms with van der Waals surface area (Å²) in [5.74, 6) is -0.380. The van der Waals surface area contributed by atoms with E-state index < -0.39 is 0 Å². The average molecular weight is 194 g/mol. The summed E-state index contributed by atoms with van der Waals surface area (Å²) in [6.45, 7) is -0.0312. The van der Waals surface area contributed by atoms with E-state index in [9.17, 15) is 4.79 Å². The van der Waals surface area contributed by atoms with Crippen molar-refractivity contribution in [3.05, 3.63) is 35.9 Å². The molecule has 0 saturated heterocycles. The predicted octanol–water partition coefficient (Wildman–Crippen LogP) is 0.802. The summed E-state index contributed by atoms with van der Waals surface area (Å²) >= 11 is 0. The van der Waals surface area contributed by atoms with Gasteiger partial charge >= 0.3 is 5.97 Å². The Balaban J connectivity index is 0.000000255. The van der Waals surface area contributed by atoms with Crippen molar-refractivity contribution < 1.29 is 9.53 Å². The Kier molecular flexibility index (Phi) is 6.99. The Bertz CT molecular complexity index is 267. The van der Waals surface area contributed by atoms with Crippen LogP contribution in [0, 0.1) is 5.41 Å². The maximum absolute atomic E-state index is 9.83. The van der Waals surface area contributed by atoms with Gasteiger partial charge in [0.15, 0.2) is 0 Å². The normalized spacial score (nSPS) is 8.14. The van der Waals surface area contributed by atoms with Gasteiger partial charge < -0.3 is 15.9 Å². The van der Waals surface area contributed by atoms with Gasteiger partial charge in [-0.25, -0.2) is 0 Å². The lowest BCUT2D eigenvalue weighted by Gasteiger charge is -1.87. The molecule has 4 nitrogen and oxygen atoms in total. The Hall–Kier alpha value is -1.68. The summed E-state index contributed by atoms with van der Waals surface area (Å²) < 4.78 is 4.14. The van der Waals surface area contributed by atoms with Crippen LogP contribution in [0.2, 0.25) is 0 Å². The number of hydrogen-bond donors (Lipinski definition) is 2. The van der Waals surface area contributed by atoms with E-state index in [-0.39, 0.29) is 12.5 Å². The largest absolute Gasteiger partial charge is 0.468 e. The minimum Gasteiger partial charge on any atom is -0.468 e. The van der Waals surface area contributed by atoms with Crippen molar-refractivity contribution in [2.24, 2.45) is 5.73 Å². The zero-order chi connectivity index (χ0) is 10.8. The maximum atomic E-state index is 9.83. The quantitative estimate of drug-likeness (QED) is 0.540. The molecule has 0 amide bonds. The first-order valence-electron chi connectivity index (χ1n) is 4.07. The Morgan fingerprint density at radius 1 is 1.50 bits per heavy atom. The van der Waals surface area contributed by atoms with Gasteiger partial charge in [0.05, 0.1) is 13.7 Å². The molecule has 0 radical (unpaired) electrons. The zero-order valence-electron chi connectivity index (χ0n) is 8.07. The van der Waals surface area contributed by atoms with Crippen LogP contribution < -0.4 is 5.73 Å². The van der Waals surface area contributed by atoms with Crippen LogP contribution in [0.1, 0.15) is 5.56 Å². The van der Waals surface area contributed by atoms with Crippen molar-refractivity contribution in [3.8, 4) is 0 Å². The van der Waals surface area contributed by atoms with Crippen molar-refractivity contribution in [3.63, 3.8) is 0 Å². The first-order chi connectivity index (χ1) is 6.74. The number of benzene rings is 1. The summed E-state index contributed by atoms with van der Waals surface area (Å²) in [6.07, 6.45) is 1.33. The molecular weight excluding hydrogens is 180 g/mol. The fourth-order valence-corrected chi connectivity index (χ4v) is 0.633. The van der Waals surface area contributed by atoms with Crippen LogP contribution in [0.5, 0.6) is 0 Å². The second kappa shape index (κ2) is 7.94. The monoisotopic (exact) mass is 194 g/mol. The highest BCUT2D eigenvalue weighted by Crippen LogP contribution is 1.91. The van der Waals surface area contributed by atoms with E-state index in [0.29, 0.717) is 0 Å². The highest BCUT2D eigenvalue weighted by Gasteiger charge is 1.87. The number of ether oxygens (including phenoxy) is 1. The summed E-state index contributed by atoms with van der Waals surface area (Å²) in [5, 5.41) is 6.82. The van der Waals surface area contributed by atoms with E-state index in [1.54, 1.807) is 0 Å². The molecule has 0 unspecified atom stereocenters. The van der Waals surface area contributed by atoms with Crippen LogP contribution in [-0.4, -0.2) is 25.8 Å². The second-order valence-electron chi connectivity index (χ2n) is 2.34. The standard InChI is InChI=1S/C7H7N.C3H7NO2/c8-6-7-4-2-1-3-5-7;1-6-3(5)2-4/h1-6,8H;2,4H2,1H3. The van der Waals surface area contributed by atoms with Crippen molar-refractivity contribution in [1.82, 2.24) is 0 Å². The minimum absolute atomic E-state index is 0.0312. The fourth-order valence-electron chi connectivity index (χ4n) is 0.633. The number of hydrogen-bond acceptors (Lipinski definition) is 4. The third kappa shape index (κ3) is 5.91. The van der Waals surface area contributed by atoms with Crippen LogP contribution in [0.25, 0.3) is 0 Å².